The van der Waals surface area contributed by atoms with Crippen LogP contribution in [0, 0.1) is 5.82 Å². The monoisotopic (exact) mass is 450 g/mol. The molecule has 1 saturated heterocycles. The molecule has 172 valence electrons. The second-order valence-corrected chi connectivity index (χ2v) is 7.87. The van der Waals surface area contributed by atoms with E-state index < -0.39 is 5.82 Å². The molecule has 1 fully saturated rings. The molecule has 0 radical (unpaired) electrons. The molecule has 2 N–H and O–H groups in total. The number of ether oxygens (including phenoxy) is 1. The Morgan fingerprint density at radius 3 is 2.52 bits per heavy atom. The summed E-state index contributed by atoms with van der Waals surface area (Å²) in [5.74, 6) is -0.0111. The molecule has 33 heavy (non-hydrogen) atoms. The predicted octanol–water partition coefficient (Wildman–Crippen LogP) is 3.10. The van der Waals surface area contributed by atoms with Gasteiger partial charge < -0.3 is 19.9 Å². The van der Waals surface area contributed by atoms with Gasteiger partial charge in [0.2, 0.25) is 5.95 Å². The highest BCUT2D eigenvalue weighted by Crippen LogP contribution is 2.19. The molecule has 10 heteroatoms. The van der Waals surface area contributed by atoms with Crippen LogP contribution in [0.3, 0.4) is 0 Å². The average Bonchev–Trinajstić information content (AvgIpc) is 2.83. The molecule has 1 aromatic carbocycles. The van der Waals surface area contributed by atoms with Crippen molar-refractivity contribution in [1.29, 1.82) is 0 Å². The van der Waals surface area contributed by atoms with Crippen molar-refractivity contribution in [1.82, 2.24) is 19.9 Å². The number of nitrogens with zero attached hydrogens (tertiary/aromatic N) is 6. The van der Waals surface area contributed by atoms with Gasteiger partial charge in [0.1, 0.15) is 0 Å². The minimum atomic E-state index is -0.469. The van der Waals surface area contributed by atoms with Crippen LogP contribution in [0.5, 0.6) is 0 Å². The molecule has 3 aromatic rings. The Morgan fingerprint density at radius 1 is 1.06 bits per heavy atom. The Balaban J connectivity index is 1.33. The molecule has 0 bridgehead atoms. The first kappa shape index (κ1) is 22.6. The van der Waals surface area contributed by atoms with E-state index in [0.29, 0.717) is 32.0 Å². The van der Waals surface area contributed by atoms with Crippen LogP contribution in [-0.2, 0) is 11.3 Å². The van der Waals surface area contributed by atoms with E-state index in [4.69, 9.17) is 4.74 Å². The fourth-order valence-corrected chi connectivity index (χ4v) is 3.35. The molecule has 0 saturated carbocycles. The number of rotatable bonds is 8. The van der Waals surface area contributed by atoms with Gasteiger partial charge in [0.25, 0.3) is 0 Å². The Hall–Kier alpha value is -3.63. The van der Waals surface area contributed by atoms with Gasteiger partial charge in [-0.05, 0) is 43.9 Å². The van der Waals surface area contributed by atoms with Crippen molar-refractivity contribution in [3.05, 3.63) is 65.9 Å². The number of halogens is 1. The molecule has 0 spiro atoms. The summed E-state index contributed by atoms with van der Waals surface area (Å²) in [6.45, 7) is 3.16. The highest BCUT2D eigenvalue weighted by molar-refractivity contribution is 5.78. The van der Waals surface area contributed by atoms with Crippen molar-refractivity contribution in [2.45, 2.75) is 6.54 Å². The van der Waals surface area contributed by atoms with Crippen LogP contribution in [0.25, 0.3) is 0 Å². The van der Waals surface area contributed by atoms with Gasteiger partial charge in [-0.15, -0.1) is 0 Å². The second kappa shape index (κ2) is 10.8. The van der Waals surface area contributed by atoms with Crippen molar-refractivity contribution in [2.75, 3.05) is 56.0 Å². The van der Waals surface area contributed by atoms with Gasteiger partial charge >= 0.3 is 0 Å². The topological polar surface area (TPSA) is 90.8 Å². The van der Waals surface area contributed by atoms with Crippen LogP contribution in [-0.4, -0.2) is 66.5 Å². The van der Waals surface area contributed by atoms with Crippen LogP contribution >= 0.6 is 0 Å². The molecule has 0 amide bonds. The van der Waals surface area contributed by atoms with E-state index in [-0.39, 0.29) is 11.8 Å². The maximum absolute atomic E-state index is 14.1. The van der Waals surface area contributed by atoms with E-state index in [2.05, 4.69) is 47.8 Å². The van der Waals surface area contributed by atoms with E-state index >= 15 is 0 Å². The van der Waals surface area contributed by atoms with Gasteiger partial charge in [-0.25, -0.2) is 14.8 Å². The van der Waals surface area contributed by atoms with Crippen LogP contribution < -0.4 is 15.6 Å². The maximum atomic E-state index is 14.1. The van der Waals surface area contributed by atoms with Gasteiger partial charge in [0.15, 0.2) is 11.6 Å². The molecule has 2 aromatic heterocycles. The number of hydrogen-bond donors (Lipinski definition) is 2. The lowest BCUT2D eigenvalue weighted by Gasteiger charge is -2.27. The van der Waals surface area contributed by atoms with Crippen molar-refractivity contribution in [3.8, 4) is 0 Å². The third-order valence-corrected chi connectivity index (χ3v) is 4.93. The summed E-state index contributed by atoms with van der Waals surface area (Å²) in [5.41, 5.74) is 6.51. The van der Waals surface area contributed by atoms with Gasteiger partial charge in [-0.3, -0.25) is 4.98 Å². The van der Waals surface area contributed by atoms with Crippen LogP contribution in [0.1, 0.15) is 11.3 Å². The number of pyridine rings is 1. The molecule has 1 aliphatic heterocycles. The standard InChI is InChI=1S/C23H27FN8O/c1-31(2)16-17-3-5-18(6-4-17)28-20-8-7-19(25-13-20)14-27-30-23-26-15-21(24)22(29-23)32-9-11-33-12-10-32/h3-8,13-15,28H,9-12,16H2,1-2H3,(H,26,29,30)/b27-14+. The largest absolute Gasteiger partial charge is 0.378 e. The number of aromatic nitrogens is 3. The summed E-state index contributed by atoms with van der Waals surface area (Å²) in [6, 6.07) is 12.1. The lowest BCUT2D eigenvalue weighted by atomic mass is 10.2. The van der Waals surface area contributed by atoms with Crippen LogP contribution in [0.2, 0.25) is 0 Å². The average molecular weight is 451 g/mol. The summed E-state index contributed by atoms with van der Waals surface area (Å²) in [7, 11) is 4.10. The number of benzene rings is 1. The minimum absolute atomic E-state index is 0.213. The lowest BCUT2D eigenvalue weighted by molar-refractivity contribution is 0.122. The quantitative estimate of drug-likeness (QED) is 0.400. The van der Waals surface area contributed by atoms with E-state index in [1.54, 1.807) is 12.4 Å². The molecule has 0 unspecified atom stereocenters. The predicted molar refractivity (Wildman–Crippen MR) is 128 cm³/mol. The van der Waals surface area contributed by atoms with Gasteiger partial charge in [0.05, 0.1) is 43.2 Å². The van der Waals surface area contributed by atoms with Crippen molar-refractivity contribution < 1.29 is 9.13 Å². The summed E-state index contributed by atoms with van der Waals surface area (Å²) in [5, 5.41) is 7.45. The lowest BCUT2D eigenvalue weighted by Crippen LogP contribution is -2.37. The van der Waals surface area contributed by atoms with Gasteiger partial charge in [-0.2, -0.15) is 10.1 Å². The number of nitrogens with one attached hydrogen (secondary N) is 2. The number of anilines is 4. The first-order valence-corrected chi connectivity index (χ1v) is 10.7. The smallest absolute Gasteiger partial charge is 0.245 e. The highest BCUT2D eigenvalue weighted by Gasteiger charge is 2.17. The molecule has 0 atom stereocenters. The third kappa shape index (κ3) is 6.43. The maximum Gasteiger partial charge on any atom is 0.245 e. The Morgan fingerprint density at radius 2 is 1.82 bits per heavy atom. The number of morpholine rings is 1. The number of hydrogen-bond acceptors (Lipinski definition) is 9. The van der Waals surface area contributed by atoms with E-state index in [1.165, 1.54) is 5.56 Å². The zero-order valence-corrected chi connectivity index (χ0v) is 18.7. The van der Waals surface area contributed by atoms with Crippen molar-refractivity contribution >= 4 is 29.4 Å². The second-order valence-electron chi connectivity index (χ2n) is 7.87. The fourth-order valence-electron chi connectivity index (χ4n) is 3.35. The molecule has 3 heterocycles. The number of hydrazone groups is 1. The fraction of sp³-hybridized carbons (Fsp3) is 0.304. The summed E-state index contributed by atoms with van der Waals surface area (Å²) in [6.07, 6.45) is 4.43. The van der Waals surface area contributed by atoms with Crippen LogP contribution in [0.15, 0.2) is 53.9 Å². The molecule has 4 rings (SSSR count). The molecule has 1 aliphatic rings. The SMILES string of the molecule is CN(C)Cc1ccc(Nc2ccc(/C=N/Nc3ncc(F)c(N4CCOCC4)n3)nc2)cc1. The molecular formula is C23H27FN8O. The summed E-state index contributed by atoms with van der Waals surface area (Å²) >= 11 is 0. The zero-order chi connectivity index (χ0) is 23.0. The molecule has 9 nitrogen and oxygen atoms in total. The summed E-state index contributed by atoms with van der Waals surface area (Å²) < 4.78 is 19.4. The zero-order valence-electron chi connectivity index (χ0n) is 18.7. The van der Waals surface area contributed by atoms with E-state index in [0.717, 1.165) is 24.1 Å². The highest BCUT2D eigenvalue weighted by atomic mass is 19.1. The molecule has 0 aliphatic carbocycles. The molecular weight excluding hydrogens is 423 g/mol. The van der Waals surface area contributed by atoms with Gasteiger partial charge in [0, 0.05) is 25.3 Å². The first-order valence-electron chi connectivity index (χ1n) is 10.7. The Bertz CT molecular complexity index is 1070. The Labute approximate surface area is 192 Å². The minimum Gasteiger partial charge on any atom is -0.378 e. The van der Waals surface area contributed by atoms with E-state index in [1.807, 2.05) is 43.3 Å². The van der Waals surface area contributed by atoms with E-state index in [9.17, 15) is 4.39 Å². The normalized spacial score (nSPS) is 14.1. The van der Waals surface area contributed by atoms with Crippen molar-refractivity contribution in [2.24, 2.45) is 5.10 Å². The summed E-state index contributed by atoms with van der Waals surface area (Å²) in [4.78, 5) is 16.5. The van der Waals surface area contributed by atoms with Gasteiger partial charge in [-0.1, -0.05) is 12.1 Å². The first-order chi connectivity index (χ1) is 16.1. The van der Waals surface area contributed by atoms with Crippen molar-refractivity contribution in [3.63, 3.8) is 0 Å². The Kier molecular flexibility index (Phi) is 7.38. The third-order valence-electron chi connectivity index (χ3n) is 4.93. The van der Waals surface area contributed by atoms with Crippen LogP contribution in [0.4, 0.5) is 27.5 Å².